The van der Waals surface area contributed by atoms with Crippen LogP contribution in [0.3, 0.4) is 0 Å². The van der Waals surface area contributed by atoms with Crippen LogP contribution >= 0.6 is 0 Å². The third kappa shape index (κ3) is 2.74. The zero-order valence-electron chi connectivity index (χ0n) is 15.9. The van der Waals surface area contributed by atoms with Crippen LogP contribution in [-0.4, -0.2) is 16.2 Å². The van der Waals surface area contributed by atoms with Gasteiger partial charge in [0.2, 0.25) is 0 Å². The van der Waals surface area contributed by atoms with Gasteiger partial charge in [0, 0.05) is 34.2 Å². The Bertz CT molecular complexity index is 1250. The van der Waals surface area contributed by atoms with Crippen LogP contribution in [-0.2, 0) is 4.79 Å². The van der Waals surface area contributed by atoms with Crippen LogP contribution in [0.25, 0.3) is 32.7 Å². The highest BCUT2D eigenvalue weighted by atomic mass is 16.5. The largest absolute Gasteiger partial charge is 0.507 e. The molecule has 140 valence electrons. The Kier molecular flexibility index (Phi) is 4.19. The fourth-order valence-corrected chi connectivity index (χ4v) is 3.83. The lowest BCUT2D eigenvalue weighted by molar-refractivity contribution is -0.134. The Labute approximate surface area is 162 Å². The summed E-state index contributed by atoms with van der Waals surface area (Å²) in [7, 11) is 0. The number of fused-ring (bicyclic) bond motifs is 4. The molecule has 0 fully saturated rings. The quantitative estimate of drug-likeness (QED) is 0.319. The van der Waals surface area contributed by atoms with Crippen LogP contribution in [0.5, 0.6) is 17.2 Å². The van der Waals surface area contributed by atoms with Crippen LogP contribution in [0.1, 0.15) is 18.1 Å². The predicted molar refractivity (Wildman–Crippen MR) is 111 cm³/mol. The summed E-state index contributed by atoms with van der Waals surface area (Å²) in [4.78, 5) is 9.00. The van der Waals surface area contributed by atoms with Crippen molar-refractivity contribution in [2.24, 2.45) is 0 Å². The third-order valence-corrected chi connectivity index (χ3v) is 4.94. The van der Waals surface area contributed by atoms with Gasteiger partial charge in [-0.15, -0.1) is 0 Å². The normalized spacial score (nSPS) is 11.4. The van der Waals surface area contributed by atoms with E-state index in [1.165, 1.54) is 5.56 Å². The summed E-state index contributed by atoms with van der Waals surface area (Å²) in [6.07, 6.45) is 0. The smallest absolute Gasteiger partial charge is 0.300 e. The number of carboxylic acid groups (broad SMARTS) is 1. The summed E-state index contributed by atoms with van der Waals surface area (Å²) in [5.74, 6) is 1.18. The summed E-state index contributed by atoms with van der Waals surface area (Å²) in [6.45, 7) is 5.20. The van der Waals surface area contributed by atoms with Crippen molar-refractivity contribution in [2.75, 3.05) is 0 Å². The lowest BCUT2D eigenvalue weighted by atomic mass is 9.87. The maximum Gasteiger partial charge on any atom is 0.300 e. The van der Waals surface area contributed by atoms with E-state index in [-0.39, 0.29) is 0 Å². The number of aliphatic carboxylic acids is 1. The second-order valence-corrected chi connectivity index (χ2v) is 7.02. The average Bonchev–Trinajstić information content (AvgIpc) is 2.65. The van der Waals surface area contributed by atoms with Gasteiger partial charge in [-0.3, -0.25) is 4.79 Å². The fourth-order valence-electron chi connectivity index (χ4n) is 3.83. The summed E-state index contributed by atoms with van der Waals surface area (Å²) >= 11 is 0. The van der Waals surface area contributed by atoms with Crippen molar-refractivity contribution in [3.8, 4) is 28.4 Å². The molecule has 0 spiro atoms. The van der Waals surface area contributed by atoms with Crippen LogP contribution in [0.15, 0.2) is 54.6 Å². The molecule has 4 heteroatoms. The SMILES string of the molecule is CC(=O)O.Cc1ccc2c(c1)-c1c3ccccc3c(O)c3c(C)ccc(c13)O2. The van der Waals surface area contributed by atoms with Gasteiger partial charge >= 0.3 is 0 Å². The zero-order chi connectivity index (χ0) is 20.0. The van der Waals surface area contributed by atoms with E-state index in [2.05, 4.69) is 25.1 Å². The molecule has 4 aromatic rings. The van der Waals surface area contributed by atoms with E-state index in [4.69, 9.17) is 14.6 Å². The van der Waals surface area contributed by atoms with E-state index in [0.717, 1.165) is 56.7 Å². The molecule has 0 atom stereocenters. The third-order valence-electron chi connectivity index (χ3n) is 4.94. The molecule has 0 aliphatic carbocycles. The number of ether oxygens (including phenoxy) is 1. The highest BCUT2D eigenvalue weighted by molar-refractivity contribution is 6.20. The molecule has 0 saturated heterocycles. The first-order valence-electron chi connectivity index (χ1n) is 9.04. The highest BCUT2D eigenvalue weighted by Gasteiger charge is 2.25. The van der Waals surface area contributed by atoms with Gasteiger partial charge in [0.25, 0.3) is 5.97 Å². The highest BCUT2D eigenvalue weighted by Crippen LogP contribution is 2.53. The standard InChI is InChI=1S/C22H16O2.C2H4O2/c1-12-7-9-17-16(11-12)20-14-5-3-4-6-15(14)22(23)19-13(2)8-10-18(24-17)21(19)20;1-2(3)4/h3-11,23H,1-2H3;1H3,(H,3,4). The molecule has 0 saturated carbocycles. The molecule has 4 aromatic carbocycles. The van der Waals surface area contributed by atoms with E-state index < -0.39 is 5.97 Å². The van der Waals surface area contributed by atoms with Crippen molar-refractivity contribution in [3.05, 3.63) is 65.7 Å². The molecule has 0 amide bonds. The second kappa shape index (κ2) is 6.57. The van der Waals surface area contributed by atoms with Gasteiger partial charge < -0.3 is 14.9 Å². The number of carboxylic acids is 1. The van der Waals surface area contributed by atoms with E-state index in [1.807, 2.05) is 43.3 Å². The van der Waals surface area contributed by atoms with Gasteiger partial charge in [-0.2, -0.15) is 0 Å². The van der Waals surface area contributed by atoms with Gasteiger partial charge in [0.15, 0.2) is 0 Å². The zero-order valence-corrected chi connectivity index (χ0v) is 15.9. The number of carbonyl (C=O) groups is 1. The molecule has 2 N–H and O–H groups in total. The number of aryl methyl sites for hydroxylation is 2. The molecule has 1 aliphatic heterocycles. The number of phenols is 1. The van der Waals surface area contributed by atoms with Crippen molar-refractivity contribution in [2.45, 2.75) is 20.8 Å². The minimum absolute atomic E-state index is 0.336. The minimum Gasteiger partial charge on any atom is -0.507 e. The molecule has 0 bridgehead atoms. The topological polar surface area (TPSA) is 66.8 Å². The molecular weight excluding hydrogens is 352 g/mol. The Morgan fingerprint density at radius 2 is 1.54 bits per heavy atom. The van der Waals surface area contributed by atoms with Crippen molar-refractivity contribution in [1.82, 2.24) is 0 Å². The molecule has 5 rings (SSSR count). The van der Waals surface area contributed by atoms with Crippen LogP contribution in [0.4, 0.5) is 0 Å². The molecule has 1 aliphatic rings. The van der Waals surface area contributed by atoms with Crippen molar-refractivity contribution in [1.29, 1.82) is 0 Å². The first-order valence-corrected chi connectivity index (χ1v) is 9.04. The first kappa shape index (κ1) is 17.9. The van der Waals surface area contributed by atoms with Gasteiger partial charge in [0.1, 0.15) is 17.2 Å². The summed E-state index contributed by atoms with van der Waals surface area (Å²) < 4.78 is 6.15. The Morgan fingerprint density at radius 1 is 0.893 bits per heavy atom. The summed E-state index contributed by atoms with van der Waals surface area (Å²) in [5.41, 5.74) is 4.49. The number of phenolic OH excluding ortho intramolecular Hbond substituents is 1. The maximum atomic E-state index is 10.9. The maximum absolute atomic E-state index is 10.9. The van der Waals surface area contributed by atoms with Crippen LogP contribution < -0.4 is 4.74 Å². The van der Waals surface area contributed by atoms with E-state index in [9.17, 15) is 5.11 Å². The Balaban J connectivity index is 0.000000442. The van der Waals surface area contributed by atoms with Gasteiger partial charge in [-0.05, 0) is 43.0 Å². The van der Waals surface area contributed by atoms with Crippen molar-refractivity contribution >= 4 is 27.5 Å². The lowest BCUT2D eigenvalue weighted by Crippen LogP contribution is -1.99. The molecule has 0 radical (unpaired) electrons. The monoisotopic (exact) mass is 372 g/mol. The number of hydrogen-bond donors (Lipinski definition) is 2. The van der Waals surface area contributed by atoms with Crippen LogP contribution in [0.2, 0.25) is 0 Å². The molecule has 4 nitrogen and oxygen atoms in total. The van der Waals surface area contributed by atoms with E-state index in [1.54, 1.807) is 0 Å². The number of hydrogen-bond acceptors (Lipinski definition) is 3. The summed E-state index contributed by atoms with van der Waals surface area (Å²) in [5, 5.41) is 22.2. The average molecular weight is 372 g/mol. The predicted octanol–water partition coefficient (Wildman–Crippen LogP) is 6.18. The van der Waals surface area contributed by atoms with Gasteiger partial charge in [0.05, 0.1) is 0 Å². The first-order chi connectivity index (χ1) is 13.4. The van der Waals surface area contributed by atoms with Gasteiger partial charge in [-0.1, -0.05) is 42.0 Å². The van der Waals surface area contributed by atoms with Gasteiger partial charge in [-0.25, -0.2) is 0 Å². The number of rotatable bonds is 0. The number of aromatic hydroxyl groups is 1. The fraction of sp³-hybridized carbons (Fsp3) is 0.125. The Morgan fingerprint density at radius 3 is 2.25 bits per heavy atom. The van der Waals surface area contributed by atoms with Crippen molar-refractivity contribution < 1.29 is 19.7 Å². The van der Waals surface area contributed by atoms with Crippen LogP contribution in [0, 0.1) is 13.8 Å². The van der Waals surface area contributed by atoms with E-state index >= 15 is 0 Å². The number of benzene rings is 4. The molecule has 0 aromatic heterocycles. The van der Waals surface area contributed by atoms with E-state index in [0.29, 0.717) is 5.75 Å². The lowest BCUT2D eigenvalue weighted by Gasteiger charge is -2.24. The Hall–Kier alpha value is -3.53. The summed E-state index contributed by atoms with van der Waals surface area (Å²) in [6, 6.07) is 18.3. The minimum atomic E-state index is -0.833. The second-order valence-electron chi connectivity index (χ2n) is 7.02. The van der Waals surface area contributed by atoms with Crippen molar-refractivity contribution in [3.63, 3.8) is 0 Å². The molecular formula is C24H20O4. The molecule has 0 unspecified atom stereocenters. The molecule has 28 heavy (non-hydrogen) atoms. The molecule has 1 heterocycles.